The minimum Gasteiger partial charge on any atom is -0.292 e. The van der Waals surface area contributed by atoms with Crippen molar-refractivity contribution in [1.82, 2.24) is 10.0 Å². The minimum atomic E-state index is -0.894. The van der Waals surface area contributed by atoms with Crippen molar-refractivity contribution in [3.05, 3.63) is 75.6 Å². The second-order valence-corrected chi connectivity index (χ2v) is 8.09. The molecule has 170 valence electrons. The number of halogens is 1. The van der Waals surface area contributed by atoms with Gasteiger partial charge in [-0.15, -0.1) is 0 Å². The fraction of sp³-hybridized carbons (Fsp3) is 0.304. The molecule has 2 fully saturated rings. The Morgan fingerprint density at radius 2 is 1.61 bits per heavy atom. The summed E-state index contributed by atoms with van der Waals surface area (Å²) < 4.78 is 13.3. The van der Waals surface area contributed by atoms with Gasteiger partial charge in [-0.05, 0) is 43.2 Å². The number of ketones is 1. The van der Waals surface area contributed by atoms with Crippen molar-refractivity contribution < 1.29 is 28.5 Å². The summed E-state index contributed by atoms with van der Waals surface area (Å²) in [6.07, 6.45) is 2.58. The third-order valence-electron chi connectivity index (χ3n) is 6.06. The minimum absolute atomic E-state index is 0.0877. The van der Waals surface area contributed by atoms with E-state index in [1.54, 1.807) is 0 Å². The summed E-state index contributed by atoms with van der Waals surface area (Å²) in [5.41, 5.74) is -0.408. The van der Waals surface area contributed by atoms with Crippen molar-refractivity contribution in [2.75, 3.05) is 6.54 Å². The number of carbonyl (C=O) groups excluding carboxylic acids is 4. The fourth-order valence-electron chi connectivity index (χ4n) is 4.38. The lowest BCUT2D eigenvalue weighted by molar-refractivity contribution is -0.384. The largest absolute Gasteiger partial charge is 0.292 e. The Balaban J connectivity index is 1.71. The number of rotatable bonds is 6. The maximum absolute atomic E-state index is 13.4. The van der Waals surface area contributed by atoms with E-state index in [2.05, 4.69) is 0 Å². The zero-order valence-corrected chi connectivity index (χ0v) is 17.5. The second-order valence-electron chi connectivity index (χ2n) is 8.09. The summed E-state index contributed by atoms with van der Waals surface area (Å²) in [6.45, 7) is -0.663. The summed E-state index contributed by atoms with van der Waals surface area (Å²) in [6, 6.07) is 9.48. The first-order valence-corrected chi connectivity index (χ1v) is 10.5. The van der Waals surface area contributed by atoms with Crippen LogP contribution < -0.4 is 0 Å². The number of Topliss-reactive ketones (excluding diaryl/α,β-unsaturated/α-hetero) is 1. The average molecular weight is 453 g/mol. The van der Waals surface area contributed by atoms with Gasteiger partial charge in [-0.25, -0.2) is 9.40 Å². The number of hydrogen-bond acceptors (Lipinski definition) is 6. The van der Waals surface area contributed by atoms with Crippen LogP contribution in [-0.4, -0.2) is 45.0 Å². The Hall–Kier alpha value is -3.95. The van der Waals surface area contributed by atoms with Crippen LogP contribution in [0.25, 0.3) is 0 Å². The average Bonchev–Trinajstić information content (AvgIpc) is 3.07. The molecule has 2 unspecified atom stereocenters. The molecule has 1 aliphatic carbocycles. The van der Waals surface area contributed by atoms with E-state index in [0.717, 1.165) is 41.1 Å². The molecule has 0 spiro atoms. The number of benzene rings is 2. The maximum atomic E-state index is 13.4. The number of amides is 3. The number of imide groups is 1. The van der Waals surface area contributed by atoms with Gasteiger partial charge in [-0.1, -0.05) is 18.9 Å². The number of fused-ring (bicyclic) bond motifs is 1. The molecular weight excluding hydrogens is 433 g/mol. The highest BCUT2D eigenvalue weighted by Gasteiger charge is 2.51. The first kappa shape index (κ1) is 22.3. The predicted octanol–water partition coefficient (Wildman–Crippen LogP) is 3.15. The Morgan fingerprint density at radius 1 is 1.00 bits per heavy atom. The van der Waals surface area contributed by atoms with Crippen LogP contribution >= 0.6 is 0 Å². The van der Waals surface area contributed by atoms with E-state index in [1.165, 1.54) is 30.3 Å². The van der Waals surface area contributed by atoms with Gasteiger partial charge in [0, 0.05) is 23.3 Å². The molecule has 0 radical (unpaired) electrons. The van der Waals surface area contributed by atoms with Crippen molar-refractivity contribution in [3.8, 4) is 0 Å². The molecule has 33 heavy (non-hydrogen) atoms. The standard InChI is InChI=1S/C23H20FN3O6/c24-16-10-8-14(9-11-16)20(28)13-25(21(29)15-4-3-5-17(12-15)27(32)33)26-22(30)18-6-1-2-7-19(18)23(26)31/h3-5,8-12,18-19H,1-2,6-7,13H2. The molecular formula is C23H20FN3O6. The number of hydrogen-bond donors (Lipinski definition) is 0. The smallest absolute Gasteiger partial charge is 0.273 e. The van der Waals surface area contributed by atoms with Gasteiger partial charge in [0.2, 0.25) is 0 Å². The summed E-state index contributed by atoms with van der Waals surface area (Å²) in [7, 11) is 0. The SMILES string of the molecule is O=C(CN(C(=O)c1cccc([N+](=O)[O-])c1)N1C(=O)C2CCCCC2C1=O)c1ccc(F)cc1. The van der Waals surface area contributed by atoms with Crippen molar-refractivity contribution in [3.63, 3.8) is 0 Å². The van der Waals surface area contributed by atoms with Crippen LogP contribution in [0.4, 0.5) is 10.1 Å². The quantitative estimate of drug-likeness (QED) is 0.287. The van der Waals surface area contributed by atoms with E-state index in [0.29, 0.717) is 12.8 Å². The maximum Gasteiger partial charge on any atom is 0.273 e. The molecule has 1 saturated heterocycles. The molecule has 0 bridgehead atoms. The van der Waals surface area contributed by atoms with Crippen LogP contribution in [0.5, 0.6) is 0 Å². The number of nitro benzene ring substituents is 1. The van der Waals surface area contributed by atoms with E-state index < -0.39 is 52.6 Å². The van der Waals surface area contributed by atoms with Gasteiger partial charge in [-0.2, -0.15) is 5.01 Å². The molecule has 4 rings (SSSR count). The Bertz CT molecular complexity index is 1130. The highest BCUT2D eigenvalue weighted by atomic mass is 19.1. The lowest BCUT2D eigenvalue weighted by Crippen LogP contribution is -2.52. The molecule has 0 N–H and O–H groups in total. The Kier molecular flexibility index (Phi) is 5.99. The van der Waals surface area contributed by atoms with Gasteiger partial charge in [0.05, 0.1) is 16.8 Å². The van der Waals surface area contributed by atoms with Gasteiger partial charge in [0.15, 0.2) is 5.78 Å². The summed E-state index contributed by atoms with van der Waals surface area (Å²) >= 11 is 0. The third kappa shape index (κ3) is 4.23. The molecule has 0 aromatic heterocycles. The molecule has 1 saturated carbocycles. The number of hydrazine groups is 1. The summed E-state index contributed by atoms with van der Waals surface area (Å²) in [5, 5.41) is 12.6. The fourth-order valence-corrected chi connectivity index (χ4v) is 4.38. The van der Waals surface area contributed by atoms with E-state index in [9.17, 15) is 33.7 Å². The molecule has 1 aliphatic heterocycles. The van der Waals surface area contributed by atoms with Gasteiger partial charge < -0.3 is 0 Å². The van der Waals surface area contributed by atoms with Crippen LogP contribution in [0.3, 0.4) is 0 Å². The van der Waals surface area contributed by atoms with Crippen LogP contribution in [0, 0.1) is 27.8 Å². The van der Waals surface area contributed by atoms with E-state index in [4.69, 9.17) is 0 Å². The Morgan fingerprint density at radius 3 is 2.18 bits per heavy atom. The zero-order valence-electron chi connectivity index (χ0n) is 17.5. The van der Waals surface area contributed by atoms with Crippen LogP contribution in [0.1, 0.15) is 46.4 Å². The second kappa shape index (κ2) is 8.89. The zero-order chi connectivity index (χ0) is 23.7. The Labute approximate surface area is 187 Å². The van der Waals surface area contributed by atoms with Crippen LogP contribution in [0.2, 0.25) is 0 Å². The third-order valence-corrected chi connectivity index (χ3v) is 6.06. The molecule has 1 heterocycles. The lowest BCUT2D eigenvalue weighted by atomic mass is 9.81. The number of carbonyl (C=O) groups is 4. The predicted molar refractivity (Wildman–Crippen MR) is 112 cm³/mol. The number of non-ortho nitro benzene ring substituents is 1. The molecule has 2 aromatic rings. The van der Waals surface area contributed by atoms with Crippen LogP contribution in [0.15, 0.2) is 48.5 Å². The van der Waals surface area contributed by atoms with Gasteiger partial charge in [-0.3, -0.25) is 29.3 Å². The molecule has 3 amide bonds. The highest BCUT2D eigenvalue weighted by molar-refractivity contribution is 6.09. The van der Waals surface area contributed by atoms with Gasteiger partial charge >= 0.3 is 0 Å². The van der Waals surface area contributed by atoms with E-state index >= 15 is 0 Å². The first-order chi connectivity index (χ1) is 15.8. The molecule has 9 nitrogen and oxygen atoms in total. The highest BCUT2D eigenvalue weighted by Crippen LogP contribution is 2.39. The van der Waals surface area contributed by atoms with Crippen molar-refractivity contribution in [1.29, 1.82) is 0 Å². The van der Waals surface area contributed by atoms with Crippen molar-refractivity contribution in [2.24, 2.45) is 11.8 Å². The van der Waals surface area contributed by atoms with Gasteiger partial charge in [0.1, 0.15) is 12.4 Å². The summed E-state index contributed by atoms with van der Waals surface area (Å²) in [4.78, 5) is 62.9. The molecule has 2 aliphatic rings. The summed E-state index contributed by atoms with van der Waals surface area (Å²) in [5.74, 6) is -4.31. The number of nitro groups is 1. The van der Waals surface area contributed by atoms with E-state index in [1.807, 2.05) is 0 Å². The number of nitrogens with zero attached hydrogens (tertiary/aromatic N) is 3. The van der Waals surface area contributed by atoms with Crippen molar-refractivity contribution in [2.45, 2.75) is 25.7 Å². The van der Waals surface area contributed by atoms with Gasteiger partial charge in [0.25, 0.3) is 23.4 Å². The lowest BCUT2D eigenvalue weighted by Gasteiger charge is -2.30. The van der Waals surface area contributed by atoms with E-state index in [-0.39, 0.29) is 16.8 Å². The topological polar surface area (TPSA) is 118 Å². The molecule has 2 atom stereocenters. The molecule has 2 aromatic carbocycles. The monoisotopic (exact) mass is 453 g/mol. The first-order valence-electron chi connectivity index (χ1n) is 10.5. The normalized spacial score (nSPS) is 19.8. The molecule has 10 heteroatoms. The van der Waals surface area contributed by atoms with Crippen molar-refractivity contribution >= 4 is 29.2 Å². The van der Waals surface area contributed by atoms with Crippen LogP contribution in [-0.2, 0) is 9.59 Å².